The van der Waals surface area contributed by atoms with Crippen molar-refractivity contribution in [1.82, 2.24) is 14.9 Å². The van der Waals surface area contributed by atoms with Crippen LogP contribution in [-0.2, 0) is 6.54 Å². The summed E-state index contributed by atoms with van der Waals surface area (Å²) in [6.45, 7) is 4.95. The molecule has 0 unspecified atom stereocenters. The Labute approximate surface area is 137 Å². The number of hydrogen-bond donors (Lipinski definition) is 1. The Morgan fingerprint density at radius 1 is 1.13 bits per heavy atom. The molecule has 1 saturated heterocycles. The van der Waals surface area contributed by atoms with Crippen LogP contribution in [0.4, 0.5) is 17.5 Å². The molecule has 1 aliphatic rings. The van der Waals surface area contributed by atoms with Gasteiger partial charge in [-0.1, -0.05) is 12.1 Å². The van der Waals surface area contributed by atoms with Gasteiger partial charge < -0.3 is 15.5 Å². The molecule has 1 aromatic heterocycles. The predicted octanol–water partition coefficient (Wildman–Crippen LogP) is 1.45. The van der Waals surface area contributed by atoms with Crippen LogP contribution in [0.2, 0.25) is 0 Å². The van der Waals surface area contributed by atoms with Crippen LogP contribution < -0.4 is 15.5 Å². The first-order valence-electron chi connectivity index (χ1n) is 7.94. The molecule has 1 fully saturated rings. The highest BCUT2D eigenvalue weighted by Gasteiger charge is 2.18. The minimum Gasteiger partial charge on any atom is -0.399 e. The van der Waals surface area contributed by atoms with E-state index in [1.807, 2.05) is 43.4 Å². The number of aromatic nitrogens is 2. The third kappa shape index (κ3) is 3.90. The summed E-state index contributed by atoms with van der Waals surface area (Å²) in [6.07, 6.45) is 1.83. The molecule has 2 aromatic rings. The summed E-state index contributed by atoms with van der Waals surface area (Å²) in [5.74, 6) is 1.76. The van der Waals surface area contributed by atoms with Gasteiger partial charge in [0.2, 0.25) is 5.95 Å². The third-order valence-corrected chi connectivity index (χ3v) is 4.08. The summed E-state index contributed by atoms with van der Waals surface area (Å²) < 4.78 is 0. The van der Waals surface area contributed by atoms with Crippen molar-refractivity contribution in [3.05, 3.63) is 42.1 Å². The van der Waals surface area contributed by atoms with Gasteiger partial charge in [-0.15, -0.1) is 0 Å². The Bertz CT molecular complexity index is 649. The van der Waals surface area contributed by atoms with E-state index in [1.54, 1.807) is 0 Å². The van der Waals surface area contributed by atoms with Crippen molar-refractivity contribution in [3.8, 4) is 0 Å². The smallest absolute Gasteiger partial charge is 0.226 e. The van der Waals surface area contributed by atoms with E-state index < -0.39 is 0 Å². The lowest BCUT2D eigenvalue weighted by Gasteiger charge is -2.35. The molecule has 0 radical (unpaired) electrons. The van der Waals surface area contributed by atoms with Crippen LogP contribution in [0.3, 0.4) is 0 Å². The Morgan fingerprint density at radius 3 is 2.61 bits per heavy atom. The number of anilines is 3. The number of nitrogens with zero attached hydrogens (tertiary/aromatic N) is 5. The zero-order valence-electron chi connectivity index (χ0n) is 13.8. The van der Waals surface area contributed by atoms with Crippen LogP contribution in [0.25, 0.3) is 0 Å². The first-order chi connectivity index (χ1) is 11.1. The summed E-state index contributed by atoms with van der Waals surface area (Å²) in [7, 11) is 3.92. The van der Waals surface area contributed by atoms with E-state index in [-0.39, 0.29) is 0 Å². The first-order valence-corrected chi connectivity index (χ1v) is 7.94. The summed E-state index contributed by atoms with van der Waals surface area (Å²) in [4.78, 5) is 15.6. The zero-order valence-corrected chi connectivity index (χ0v) is 13.8. The second-order valence-corrected chi connectivity index (χ2v) is 6.12. The average Bonchev–Trinajstić information content (AvgIpc) is 2.56. The maximum absolute atomic E-state index is 5.86. The van der Waals surface area contributed by atoms with Crippen LogP contribution in [0.1, 0.15) is 5.56 Å². The van der Waals surface area contributed by atoms with E-state index in [1.165, 1.54) is 5.56 Å². The fourth-order valence-corrected chi connectivity index (χ4v) is 2.82. The zero-order chi connectivity index (χ0) is 16.2. The molecule has 1 aliphatic heterocycles. The van der Waals surface area contributed by atoms with Gasteiger partial charge in [-0.3, -0.25) is 4.90 Å². The van der Waals surface area contributed by atoms with Crippen molar-refractivity contribution in [2.75, 3.05) is 55.8 Å². The molecule has 0 spiro atoms. The Hall–Kier alpha value is -2.34. The summed E-state index contributed by atoms with van der Waals surface area (Å²) >= 11 is 0. The molecule has 0 saturated carbocycles. The van der Waals surface area contributed by atoms with Crippen molar-refractivity contribution >= 4 is 17.5 Å². The number of piperazine rings is 1. The monoisotopic (exact) mass is 312 g/mol. The van der Waals surface area contributed by atoms with Crippen LogP contribution in [-0.4, -0.2) is 55.1 Å². The minimum atomic E-state index is 0.754. The van der Waals surface area contributed by atoms with Crippen molar-refractivity contribution in [2.24, 2.45) is 0 Å². The molecule has 23 heavy (non-hydrogen) atoms. The highest BCUT2D eigenvalue weighted by atomic mass is 15.3. The lowest BCUT2D eigenvalue weighted by atomic mass is 10.2. The van der Waals surface area contributed by atoms with Crippen LogP contribution in [0, 0.1) is 0 Å². The van der Waals surface area contributed by atoms with E-state index >= 15 is 0 Å². The third-order valence-electron chi connectivity index (χ3n) is 4.08. The van der Waals surface area contributed by atoms with Gasteiger partial charge in [0.25, 0.3) is 0 Å². The van der Waals surface area contributed by atoms with Crippen molar-refractivity contribution in [1.29, 1.82) is 0 Å². The fraction of sp³-hybridized carbons (Fsp3) is 0.412. The first kappa shape index (κ1) is 15.6. The van der Waals surface area contributed by atoms with E-state index in [0.29, 0.717) is 0 Å². The second-order valence-electron chi connectivity index (χ2n) is 6.12. The van der Waals surface area contributed by atoms with Gasteiger partial charge in [-0.05, 0) is 23.8 Å². The predicted molar refractivity (Wildman–Crippen MR) is 94.7 cm³/mol. The van der Waals surface area contributed by atoms with E-state index in [4.69, 9.17) is 5.73 Å². The van der Waals surface area contributed by atoms with Gasteiger partial charge in [0.1, 0.15) is 5.82 Å². The molecule has 0 amide bonds. The number of rotatable bonds is 4. The molecule has 2 heterocycles. The van der Waals surface area contributed by atoms with E-state index in [9.17, 15) is 0 Å². The standard InChI is InChI=1S/C17H24N6/c1-21(2)17-19-7-6-16(20-17)23-10-8-22(9-11-23)13-14-4-3-5-15(18)12-14/h3-7,12H,8-11,13,18H2,1-2H3. The lowest BCUT2D eigenvalue weighted by molar-refractivity contribution is 0.249. The molecule has 2 N–H and O–H groups in total. The quantitative estimate of drug-likeness (QED) is 0.862. The second kappa shape index (κ2) is 6.83. The molecule has 6 nitrogen and oxygen atoms in total. The van der Waals surface area contributed by atoms with Gasteiger partial charge in [0.05, 0.1) is 0 Å². The summed E-state index contributed by atoms with van der Waals surface area (Å²) in [6, 6.07) is 10.1. The van der Waals surface area contributed by atoms with Gasteiger partial charge >= 0.3 is 0 Å². The van der Waals surface area contributed by atoms with Crippen LogP contribution in [0.5, 0.6) is 0 Å². The van der Waals surface area contributed by atoms with Crippen LogP contribution >= 0.6 is 0 Å². The molecular weight excluding hydrogens is 288 g/mol. The molecule has 122 valence electrons. The van der Waals surface area contributed by atoms with Crippen LogP contribution in [0.15, 0.2) is 36.5 Å². The topological polar surface area (TPSA) is 61.5 Å². The maximum atomic E-state index is 5.86. The molecule has 0 bridgehead atoms. The fourth-order valence-electron chi connectivity index (χ4n) is 2.82. The lowest BCUT2D eigenvalue weighted by Crippen LogP contribution is -2.46. The van der Waals surface area contributed by atoms with Gasteiger partial charge in [0.15, 0.2) is 0 Å². The van der Waals surface area contributed by atoms with Gasteiger partial charge in [0, 0.05) is 58.7 Å². The number of nitrogen functional groups attached to an aromatic ring is 1. The Morgan fingerprint density at radius 2 is 1.91 bits per heavy atom. The van der Waals surface area contributed by atoms with Crippen molar-refractivity contribution < 1.29 is 0 Å². The van der Waals surface area contributed by atoms with Gasteiger partial charge in [-0.25, -0.2) is 4.98 Å². The maximum Gasteiger partial charge on any atom is 0.226 e. The molecule has 3 rings (SSSR count). The van der Waals surface area contributed by atoms with Crippen molar-refractivity contribution in [3.63, 3.8) is 0 Å². The summed E-state index contributed by atoms with van der Waals surface area (Å²) in [5.41, 5.74) is 7.96. The molecule has 6 heteroatoms. The molecule has 0 aliphatic carbocycles. The minimum absolute atomic E-state index is 0.754. The normalized spacial score (nSPS) is 15.7. The highest BCUT2D eigenvalue weighted by molar-refractivity contribution is 5.44. The van der Waals surface area contributed by atoms with Gasteiger partial charge in [-0.2, -0.15) is 4.98 Å². The number of benzene rings is 1. The van der Waals surface area contributed by atoms with E-state index in [0.717, 1.165) is 50.2 Å². The van der Waals surface area contributed by atoms with E-state index in [2.05, 4.69) is 31.9 Å². The molecule has 0 atom stereocenters. The number of hydrogen-bond acceptors (Lipinski definition) is 6. The average molecular weight is 312 g/mol. The Kier molecular flexibility index (Phi) is 4.62. The largest absolute Gasteiger partial charge is 0.399 e. The number of nitrogens with two attached hydrogens (primary N) is 1. The SMILES string of the molecule is CN(C)c1nccc(N2CCN(Cc3cccc(N)c3)CC2)n1. The summed E-state index contributed by atoms with van der Waals surface area (Å²) in [5, 5.41) is 0. The molecular formula is C17H24N6. The van der Waals surface area contributed by atoms with Crippen molar-refractivity contribution in [2.45, 2.75) is 6.54 Å². The molecule has 1 aromatic carbocycles. The Balaban J connectivity index is 1.59. The highest BCUT2D eigenvalue weighted by Crippen LogP contribution is 2.17.